The van der Waals surface area contributed by atoms with E-state index in [2.05, 4.69) is 10.6 Å². The van der Waals surface area contributed by atoms with Crippen LogP contribution >= 0.6 is 0 Å². The van der Waals surface area contributed by atoms with Crippen molar-refractivity contribution >= 4 is 23.2 Å². The molecule has 2 N–H and O–H groups in total. The van der Waals surface area contributed by atoms with Crippen molar-refractivity contribution in [3.8, 4) is 0 Å². The van der Waals surface area contributed by atoms with Crippen molar-refractivity contribution in [1.29, 1.82) is 0 Å². The zero-order valence-corrected chi connectivity index (χ0v) is 14.7. The molecule has 2 heterocycles. The summed E-state index contributed by atoms with van der Waals surface area (Å²) in [6.07, 6.45) is 7.11. The first kappa shape index (κ1) is 16.6. The maximum absolute atomic E-state index is 13.1. The van der Waals surface area contributed by atoms with E-state index in [0.29, 0.717) is 12.3 Å². The van der Waals surface area contributed by atoms with Crippen LogP contribution < -0.4 is 15.5 Å². The van der Waals surface area contributed by atoms with E-state index in [1.54, 1.807) is 0 Å². The molecular weight excluding hydrogens is 314 g/mol. The number of fused-ring (bicyclic) bond motifs is 1. The molecule has 25 heavy (non-hydrogen) atoms. The summed E-state index contributed by atoms with van der Waals surface area (Å²) in [6.45, 7) is 2.51. The van der Waals surface area contributed by atoms with Crippen LogP contribution in [-0.2, 0) is 9.59 Å². The SMILES string of the molecule is O=C1CCCCN1c1cccc(NC(=O)[C@@]23CCCC[C@H]2CNC3)c1. The van der Waals surface area contributed by atoms with Crippen molar-refractivity contribution in [2.24, 2.45) is 11.3 Å². The molecule has 1 saturated carbocycles. The molecule has 2 aliphatic heterocycles. The van der Waals surface area contributed by atoms with Gasteiger partial charge < -0.3 is 15.5 Å². The van der Waals surface area contributed by atoms with Crippen molar-refractivity contribution in [2.45, 2.75) is 44.9 Å². The van der Waals surface area contributed by atoms with Gasteiger partial charge in [0.2, 0.25) is 11.8 Å². The number of benzene rings is 1. The molecule has 1 aliphatic carbocycles. The number of rotatable bonds is 3. The van der Waals surface area contributed by atoms with Crippen molar-refractivity contribution in [3.63, 3.8) is 0 Å². The van der Waals surface area contributed by atoms with E-state index in [1.807, 2.05) is 29.2 Å². The number of piperidine rings is 1. The van der Waals surface area contributed by atoms with Gasteiger partial charge in [0, 0.05) is 30.9 Å². The standard InChI is InChI=1S/C20H27N3O2/c24-18-9-2-4-11-23(18)17-8-5-7-16(12-17)22-19(25)20-10-3-1-6-15(20)13-21-14-20/h5,7-8,12,15,21H,1-4,6,9-11,13-14H2,(H,22,25)/t15-,20+/m0/s1. The van der Waals surface area contributed by atoms with Gasteiger partial charge in [0.25, 0.3) is 0 Å². The molecule has 5 heteroatoms. The van der Waals surface area contributed by atoms with E-state index in [9.17, 15) is 9.59 Å². The van der Waals surface area contributed by atoms with Crippen molar-refractivity contribution < 1.29 is 9.59 Å². The number of hydrogen-bond donors (Lipinski definition) is 2. The van der Waals surface area contributed by atoms with Gasteiger partial charge in [0.05, 0.1) is 5.41 Å². The van der Waals surface area contributed by atoms with E-state index in [-0.39, 0.29) is 17.2 Å². The summed E-state index contributed by atoms with van der Waals surface area (Å²) in [5.74, 6) is 0.776. The van der Waals surface area contributed by atoms with Crippen molar-refractivity contribution in [1.82, 2.24) is 5.32 Å². The van der Waals surface area contributed by atoms with Gasteiger partial charge >= 0.3 is 0 Å². The topological polar surface area (TPSA) is 61.4 Å². The Labute approximate surface area is 149 Å². The fourth-order valence-electron chi connectivity index (χ4n) is 4.78. The fourth-order valence-corrected chi connectivity index (χ4v) is 4.78. The zero-order valence-electron chi connectivity index (χ0n) is 14.7. The molecule has 0 spiro atoms. The van der Waals surface area contributed by atoms with Crippen LogP contribution in [0.15, 0.2) is 24.3 Å². The molecule has 5 nitrogen and oxygen atoms in total. The van der Waals surface area contributed by atoms with Gasteiger partial charge in [-0.2, -0.15) is 0 Å². The smallest absolute Gasteiger partial charge is 0.232 e. The van der Waals surface area contributed by atoms with Gasteiger partial charge in [-0.1, -0.05) is 18.9 Å². The van der Waals surface area contributed by atoms with Gasteiger partial charge in [-0.05, 0) is 56.3 Å². The van der Waals surface area contributed by atoms with Gasteiger partial charge in [-0.3, -0.25) is 9.59 Å². The summed E-state index contributed by atoms with van der Waals surface area (Å²) in [4.78, 5) is 27.1. The Morgan fingerprint density at radius 3 is 3.04 bits per heavy atom. The number of anilines is 2. The first-order valence-electron chi connectivity index (χ1n) is 9.62. The number of nitrogens with one attached hydrogen (secondary N) is 2. The monoisotopic (exact) mass is 341 g/mol. The highest BCUT2D eigenvalue weighted by Gasteiger charge is 2.49. The maximum Gasteiger partial charge on any atom is 0.232 e. The summed E-state index contributed by atoms with van der Waals surface area (Å²) < 4.78 is 0. The quantitative estimate of drug-likeness (QED) is 0.889. The highest BCUT2D eigenvalue weighted by Crippen LogP contribution is 2.44. The molecule has 2 amide bonds. The molecule has 0 radical (unpaired) electrons. The lowest BCUT2D eigenvalue weighted by Crippen LogP contribution is -2.44. The molecule has 0 aromatic heterocycles. The minimum Gasteiger partial charge on any atom is -0.325 e. The van der Waals surface area contributed by atoms with Crippen molar-refractivity contribution in [2.75, 3.05) is 29.9 Å². The third-order valence-corrected chi connectivity index (χ3v) is 6.23. The van der Waals surface area contributed by atoms with Crippen LogP contribution in [-0.4, -0.2) is 31.4 Å². The lowest BCUT2D eigenvalue weighted by Gasteiger charge is -2.37. The van der Waals surface area contributed by atoms with Gasteiger partial charge in [-0.25, -0.2) is 0 Å². The van der Waals surface area contributed by atoms with E-state index in [0.717, 1.165) is 63.1 Å². The Balaban J connectivity index is 1.52. The average molecular weight is 341 g/mol. The van der Waals surface area contributed by atoms with E-state index >= 15 is 0 Å². The van der Waals surface area contributed by atoms with Gasteiger partial charge in [0.1, 0.15) is 0 Å². The largest absolute Gasteiger partial charge is 0.325 e. The first-order valence-corrected chi connectivity index (χ1v) is 9.62. The van der Waals surface area contributed by atoms with E-state index in [1.165, 1.54) is 6.42 Å². The van der Waals surface area contributed by atoms with Crippen LogP contribution in [0.3, 0.4) is 0 Å². The maximum atomic E-state index is 13.1. The summed E-state index contributed by atoms with van der Waals surface area (Å²) in [7, 11) is 0. The highest BCUT2D eigenvalue weighted by molar-refractivity contribution is 5.98. The zero-order chi connectivity index (χ0) is 17.3. The third kappa shape index (κ3) is 3.06. The predicted molar refractivity (Wildman–Crippen MR) is 98.5 cm³/mol. The van der Waals surface area contributed by atoms with Crippen LogP contribution in [0.4, 0.5) is 11.4 Å². The number of carbonyl (C=O) groups is 2. The molecule has 4 rings (SSSR count). The molecule has 3 fully saturated rings. The minimum absolute atomic E-state index is 0.143. The lowest BCUT2D eigenvalue weighted by atomic mass is 9.67. The second kappa shape index (κ2) is 6.79. The predicted octanol–water partition coefficient (Wildman–Crippen LogP) is 2.92. The third-order valence-electron chi connectivity index (χ3n) is 6.23. The Kier molecular flexibility index (Phi) is 4.50. The Morgan fingerprint density at radius 1 is 1.24 bits per heavy atom. The highest BCUT2D eigenvalue weighted by atomic mass is 16.2. The van der Waals surface area contributed by atoms with Gasteiger partial charge in [-0.15, -0.1) is 0 Å². The van der Waals surface area contributed by atoms with Crippen LogP contribution in [0.1, 0.15) is 44.9 Å². The van der Waals surface area contributed by atoms with Crippen LogP contribution in [0, 0.1) is 11.3 Å². The number of amides is 2. The molecule has 2 saturated heterocycles. The summed E-state index contributed by atoms with van der Waals surface area (Å²) in [5, 5.41) is 6.58. The van der Waals surface area contributed by atoms with E-state index in [4.69, 9.17) is 0 Å². The molecule has 2 atom stereocenters. The molecule has 134 valence electrons. The number of carbonyl (C=O) groups excluding carboxylic acids is 2. The molecule has 1 aromatic rings. The summed E-state index contributed by atoms with van der Waals surface area (Å²) in [5.41, 5.74) is 1.44. The Hall–Kier alpha value is -1.88. The Bertz CT molecular complexity index is 675. The van der Waals surface area contributed by atoms with E-state index < -0.39 is 0 Å². The second-order valence-corrected chi connectivity index (χ2v) is 7.74. The van der Waals surface area contributed by atoms with Crippen molar-refractivity contribution in [3.05, 3.63) is 24.3 Å². The fraction of sp³-hybridized carbons (Fsp3) is 0.600. The number of nitrogens with zero attached hydrogens (tertiary/aromatic N) is 1. The second-order valence-electron chi connectivity index (χ2n) is 7.74. The minimum atomic E-state index is -0.255. The molecular formula is C20H27N3O2. The summed E-state index contributed by atoms with van der Waals surface area (Å²) in [6, 6.07) is 7.75. The molecule has 0 unspecified atom stereocenters. The molecule has 3 aliphatic rings. The van der Waals surface area contributed by atoms with Crippen LogP contribution in [0.2, 0.25) is 0 Å². The normalized spacial score (nSPS) is 29.4. The van der Waals surface area contributed by atoms with Gasteiger partial charge in [0.15, 0.2) is 0 Å². The number of hydrogen-bond acceptors (Lipinski definition) is 3. The average Bonchev–Trinajstić information content (AvgIpc) is 3.08. The molecule has 0 bridgehead atoms. The Morgan fingerprint density at radius 2 is 2.16 bits per heavy atom. The lowest BCUT2D eigenvalue weighted by molar-refractivity contribution is -0.128. The first-order chi connectivity index (χ1) is 12.2. The van der Waals surface area contributed by atoms with Crippen LogP contribution in [0.5, 0.6) is 0 Å². The molecule has 1 aromatic carbocycles. The summed E-state index contributed by atoms with van der Waals surface area (Å²) >= 11 is 0. The van der Waals surface area contributed by atoms with Crippen LogP contribution in [0.25, 0.3) is 0 Å².